The van der Waals surface area contributed by atoms with Gasteiger partial charge in [-0.3, -0.25) is 0 Å². The topological polar surface area (TPSA) is 61.8 Å². The summed E-state index contributed by atoms with van der Waals surface area (Å²) in [6.07, 6.45) is 5.45. The molecule has 0 amide bonds. The second-order valence-electron chi connectivity index (χ2n) is 2.63. The zero-order valence-electron chi connectivity index (χ0n) is 6.90. The molecule has 0 radical (unpaired) electrons. The number of aliphatic hydroxyl groups excluding tert-OH is 1. The number of nitrogens with zero attached hydrogens (tertiary/aromatic N) is 2. The minimum atomic E-state index is -0.497. The molecular weight excluding hydrogens is 154 g/mol. The van der Waals surface area contributed by atoms with Gasteiger partial charge in [0.1, 0.15) is 5.69 Å². The summed E-state index contributed by atoms with van der Waals surface area (Å²) in [4.78, 5) is 0. The van der Waals surface area contributed by atoms with Crippen LogP contribution >= 0.6 is 0 Å². The summed E-state index contributed by atoms with van der Waals surface area (Å²) in [5.74, 6) is 0. The Morgan fingerprint density at radius 2 is 2.58 bits per heavy atom. The quantitative estimate of drug-likeness (QED) is 0.511. The van der Waals surface area contributed by atoms with Gasteiger partial charge in [0.15, 0.2) is 0 Å². The normalized spacial score (nSPS) is 12.8. The predicted molar refractivity (Wildman–Crippen MR) is 45.4 cm³/mol. The van der Waals surface area contributed by atoms with Crippen LogP contribution in [0.25, 0.3) is 0 Å². The monoisotopic (exact) mass is 167 g/mol. The molecule has 0 aliphatic rings. The lowest BCUT2D eigenvalue weighted by Gasteiger charge is -2.04. The second kappa shape index (κ2) is 4.66. The van der Waals surface area contributed by atoms with Gasteiger partial charge in [0, 0.05) is 0 Å². The fourth-order valence-corrected chi connectivity index (χ4v) is 0.974. The molecule has 0 aromatic carbocycles. The molecular formula is C8H13N3O. The molecule has 1 atom stereocenters. The van der Waals surface area contributed by atoms with E-state index in [-0.39, 0.29) is 0 Å². The second-order valence-corrected chi connectivity index (χ2v) is 2.63. The zero-order valence-corrected chi connectivity index (χ0v) is 6.90. The summed E-state index contributed by atoms with van der Waals surface area (Å²) in [5, 5.41) is 19.3. The molecule has 2 N–H and O–H groups in total. The van der Waals surface area contributed by atoms with E-state index in [4.69, 9.17) is 0 Å². The predicted octanol–water partition coefficient (Wildman–Crippen LogP) is 1.19. The van der Waals surface area contributed by atoms with Gasteiger partial charge in [0.25, 0.3) is 0 Å². The maximum atomic E-state index is 9.48. The summed E-state index contributed by atoms with van der Waals surface area (Å²) >= 11 is 0. The van der Waals surface area contributed by atoms with Crippen molar-refractivity contribution in [3.63, 3.8) is 0 Å². The first-order chi connectivity index (χ1) is 5.84. The van der Waals surface area contributed by atoms with E-state index in [2.05, 4.69) is 22.0 Å². The number of aliphatic hydroxyl groups is 1. The Morgan fingerprint density at radius 1 is 1.75 bits per heavy atom. The third kappa shape index (κ3) is 2.47. The van der Waals surface area contributed by atoms with E-state index < -0.39 is 6.10 Å². The van der Waals surface area contributed by atoms with E-state index in [0.29, 0.717) is 12.1 Å². The number of rotatable bonds is 5. The number of hydrogen-bond donors (Lipinski definition) is 2. The number of nitrogens with one attached hydrogen (secondary N) is 1. The van der Waals surface area contributed by atoms with Crippen molar-refractivity contribution in [1.82, 2.24) is 15.4 Å². The first-order valence-corrected chi connectivity index (χ1v) is 3.99. The maximum Gasteiger partial charge on any atom is 0.111 e. The van der Waals surface area contributed by atoms with Crippen molar-refractivity contribution in [2.24, 2.45) is 0 Å². The fourth-order valence-electron chi connectivity index (χ4n) is 0.974. The highest BCUT2D eigenvalue weighted by Crippen LogP contribution is 2.15. The first kappa shape index (κ1) is 8.93. The summed E-state index contributed by atoms with van der Waals surface area (Å²) in [7, 11) is 0. The van der Waals surface area contributed by atoms with Crippen molar-refractivity contribution in [1.29, 1.82) is 0 Å². The van der Waals surface area contributed by atoms with Crippen molar-refractivity contribution >= 4 is 0 Å². The molecule has 0 saturated carbocycles. The largest absolute Gasteiger partial charge is 0.387 e. The molecule has 0 spiro atoms. The van der Waals surface area contributed by atoms with Gasteiger partial charge < -0.3 is 5.11 Å². The van der Waals surface area contributed by atoms with Crippen LogP contribution in [0.2, 0.25) is 0 Å². The summed E-state index contributed by atoms with van der Waals surface area (Å²) in [5.41, 5.74) is 0.610. The number of hydrogen-bond acceptors (Lipinski definition) is 3. The van der Waals surface area contributed by atoms with E-state index in [0.717, 1.165) is 12.8 Å². The summed E-state index contributed by atoms with van der Waals surface area (Å²) < 4.78 is 0. The standard InChI is InChI=1S/C8H13N3O/c1-2-3-4-5-8(12)7-6-9-11-10-7/h2,6,8,12H,1,3-5H2,(H,9,10,11). The van der Waals surface area contributed by atoms with Crippen molar-refractivity contribution in [3.8, 4) is 0 Å². The Morgan fingerprint density at radius 3 is 3.17 bits per heavy atom. The lowest BCUT2D eigenvalue weighted by molar-refractivity contribution is 0.160. The molecule has 0 aliphatic carbocycles. The average Bonchev–Trinajstić information content (AvgIpc) is 2.56. The van der Waals surface area contributed by atoms with E-state index in [1.807, 2.05) is 6.08 Å². The van der Waals surface area contributed by atoms with E-state index in [1.54, 1.807) is 6.20 Å². The van der Waals surface area contributed by atoms with Gasteiger partial charge in [0.2, 0.25) is 0 Å². The number of aromatic nitrogens is 3. The molecule has 0 bridgehead atoms. The van der Waals surface area contributed by atoms with Gasteiger partial charge in [-0.15, -0.1) is 6.58 Å². The molecule has 1 rings (SSSR count). The van der Waals surface area contributed by atoms with Gasteiger partial charge in [-0.05, 0) is 19.3 Å². The number of aromatic amines is 1. The third-order valence-electron chi connectivity index (χ3n) is 1.66. The molecule has 66 valence electrons. The number of unbranched alkanes of at least 4 members (excludes halogenated alkanes) is 1. The van der Waals surface area contributed by atoms with Gasteiger partial charge in [-0.2, -0.15) is 15.4 Å². The molecule has 0 fully saturated rings. The van der Waals surface area contributed by atoms with Crippen LogP contribution in [-0.4, -0.2) is 20.5 Å². The van der Waals surface area contributed by atoms with Crippen LogP contribution in [0.4, 0.5) is 0 Å². The molecule has 0 aliphatic heterocycles. The van der Waals surface area contributed by atoms with E-state index >= 15 is 0 Å². The highest BCUT2D eigenvalue weighted by molar-refractivity contribution is 4.95. The Balaban J connectivity index is 2.29. The van der Waals surface area contributed by atoms with E-state index in [1.165, 1.54) is 0 Å². The lowest BCUT2D eigenvalue weighted by atomic mass is 10.1. The third-order valence-corrected chi connectivity index (χ3v) is 1.66. The smallest absolute Gasteiger partial charge is 0.111 e. The average molecular weight is 167 g/mol. The van der Waals surface area contributed by atoms with Gasteiger partial charge >= 0.3 is 0 Å². The molecule has 4 nitrogen and oxygen atoms in total. The van der Waals surface area contributed by atoms with Crippen LogP contribution in [0, 0.1) is 0 Å². The number of H-pyrrole nitrogens is 1. The van der Waals surface area contributed by atoms with Crippen LogP contribution in [-0.2, 0) is 0 Å². The first-order valence-electron chi connectivity index (χ1n) is 3.99. The van der Waals surface area contributed by atoms with Crippen LogP contribution in [0.5, 0.6) is 0 Å². The van der Waals surface area contributed by atoms with Crippen molar-refractivity contribution < 1.29 is 5.11 Å². The molecule has 1 aromatic rings. The Hall–Kier alpha value is -1.16. The Labute approximate surface area is 71.3 Å². The van der Waals surface area contributed by atoms with Gasteiger partial charge in [-0.1, -0.05) is 6.08 Å². The maximum absolute atomic E-state index is 9.48. The highest BCUT2D eigenvalue weighted by Gasteiger charge is 2.08. The van der Waals surface area contributed by atoms with Crippen LogP contribution in [0.15, 0.2) is 18.9 Å². The summed E-state index contributed by atoms with van der Waals surface area (Å²) in [6, 6.07) is 0. The molecule has 12 heavy (non-hydrogen) atoms. The molecule has 1 aromatic heterocycles. The van der Waals surface area contributed by atoms with Gasteiger partial charge in [0.05, 0.1) is 12.3 Å². The van der Waals surface area contributed by atoms with Crippen LogP contribution < -0.4 is 0 Å². The van der Waals surface area contributed by atoms with Crippen molar-refractivity contribution in [2.75, 3.05) is 0 Å². The minimum Gasteiger partial charge on any atom is -0.387 e. The zero-order chi connectivity index (χ0) is 8.81. The number of allylic oxidation sites excluding steroid dienone is 1. The molecule has 4 heteroatoms. The van der Waals surface area contributed by atoms with Crippen LogP contribution in [0.3, 0.4) is 0 Å². The van der Waals surface area contributed by atoms with Crippen LogP contribution in [0.1, 0.15) is 31.1 Å². The molecule has 1 heterocycles. The molecule has 0 saturated heterocycles. The van der Waals surface area contributed by atoms with Crippen molar-refractivity contribution in [3.05, 3.63) is 24.5 Å². The highest BCUT2D eigenvalue weighted by atomic mass is 16.3. The van der Waals surface area contributed by atoms with E-state index in [9.17, 15) is 5.11 Å². The minimum absolute atomic E-state index is 0.497. The SMILES string of the molecule is C=CCCCC(O)c1cn[nH]n1. The Kier molecular flexibility index (Phi) is 3.47. The lowest BCUT2D eigenvalue weighted by Crippen LogP contribution is -1.97. The molecule has 1 unspecified atom stereocenters. The fraction of sp³-hybridized carbons (Fsp3) is 0.500. The Bertz CT molecular complexity index is 220. The van der Waals surface area contributed by atoms with Gasteiger partial charge in [-0.25, -0.2) is 0 Å². The van der Waals surface area contributed by atoms with Crippen molar-refractivity contribution in [2.45, 2.75) is 25.4 Å². The summed E-state index contributed by atoms with van der Waals surface area (Å²) in [6.45, 7) is 3.60.